The fourth-order valence-corrected chi connectivity index (χ4v) is 4.37. The standard InChI is InChI=1S/C14H17BrClNO3S/c1-9-12(15)7-10(8-13(9)21(16,19)20)14(18)17-11-5-3-2-4-6-11/h7-8,11H,2-6H2,1H3,(H,17,18). The van der Waals surface area contributed by atoms with E-state index in [9.17, 15) is 13.2 Å². The van der Waals surface area contributed by atoms with Crippen molar-refractivity contribution in [2.75, 3.05) is 0 Å². The highest BCUT2D eigenvalue weighted by molar-refractivity contribution is 9.10. The Morgan fingerprint density at radius 2 is 1.90 bits per heavy atom. The molecule has 0 aliphatic heterocycles. The van der Waals surface area contributed by atoms with E-state index in [1.54, 1.807) is 13.0 Å². The molecule has 4 nitrogen and oxygen atoms in total. The number of amides is 1. The molecule has 0 aromatic heterocycles. The molecule has 7 heteroatoms. The van der Waals surface area contributed by atoms with Crippen molar-refractivity contribution in [2.24, 2.45) is 0 Å². The molecule has 1 aromatic rings. The third kappa shape index (κ3) is 4.20. The molecule has 1 N–H and O–H groups in total. The van der Waals surface area contributed by atoms with E-state index in [4.69, 9.17) is 10.7 Å². The number of halogens is 2. The van der Waals surface area contributed by atoms with Crippen LogP contribution in [0.4, 0.5) is 0 Å². The molecule has 1 aliphatic rings. The van der Waals surface area contributed by atoms with Gasteiger partial charge in [-0.1, -0.05) is 35.2 Å². The predicted molar refractivity (Wildman–Crippen MR) is 86.3 cm³/mol. The van der Waals surface area contributed by atoms with Crippen LogP contribution < -0.4 is 5.32 Å². The van der Waals surface area contributed by atoms with Gasteiger partial charge in [-0.25, -0.2) is 8.42 Å². The van der Waals surface area contributed by atoms with E-state index in [-0.39, 0.29) is 16.8 Å². The van der Waals surface area contributed by atoms with Gasteiger partial charge in [-0.15, -0.1) is 0 Å². The third-order valence-electron chi connectivity index (χ3n) is 3.76. The minimum atomic E-state index is -3.88. The summed E-state index contributed by atoms with van der Waals surface area (Å²) in [4.78, 5) is 12.3. The van der Waals surface area contributed by atoms with Crippen molar-refractivity contribution in [3.8, 4) is 0 Å². The Bertz CT molecular complexity index is 654. The number of carbonyl (C=O) groups is 1. The molecule has 2 rings (SSSR count). The highest BCUT2D eigenvalue weighted by Gasteiger charge is 2.21. The lowest BCUT2D eigenvalue weighted by Crippen LogP contribution is -2.36. The second-order valence-electron chi connectivity index (χ2n) is 5.33. The van der Waals surface area contributed by atoms with Gasteiger partial charge in [0.15, 0.2) is 0 Å². The van der Waals surface area contributed by atoms with Crippen molar-refractivity contribution in [3.05, 3.63) is 27.7 Å². The molecule has 1 fully saturated rings. The molecule has 1 aliphatic carbocycles. The summed E-state index contributed by atoms with van der Waals surface area (Å²) in [5.41, 5.74) is 0.802. The van der Waals surface area contributed by atoms with E-state index in [0.717, 1.165) is 25.7 Å². The normalized spacial score (nSPS) is 16.7. The van der Waals surface area contributed by atoms with Crippen LogP contribution in [0.15, 0.2) is 21.5 Å². The number of benzene rings is 1. The molecule has 0 atom stereocenters. The van der Waals surface area contributed by atoms with Crippen LogP contribution in [0.1, 0.15) is 48.0 Å². The summed E-state index contributed by atoms with van der Waals surface area (Å²) in [6.07, 6.45) is 5.38. The summed E-state index contributed by atoms with van der Waals surface area (Å²) in [5.74, 6) is -0.260. The highest BCUT2D eigenvalue weighted by Crippen LogP contribution is 2.28. The summed E-state index contributed by atoms with van der Waals surface area (Å²) in [6.45, 7) is 1.64. The Hall–Kier alpha value is -0.590. The van der Waals surface area contributed by atoms with Gasteiger partial charge in [-0.3, -0.25) is 4.79 Å². The van der Waals surface area contributed by atoms with Crippen molar-refractivity contribution >= 4 is 41.6 Å². The van der Waals surface area contributed by atoms with Crippen molar-refractivity contribution in [3.63, 3.8) is 0 Å². The highest BCUT2D eigenvalue weighted by atomic mass is 79.9. The Balaban J connectivity index is 2.27. The average molecular weight is 395 g/mol. The Morgan fingerprint density at radius 3 is 2.48 bits per heavy atom. The number of hydrogen-bond acceptors (Lipinski definition) is 3. The molecule has 0 unspecified atom stereocenters. The van der Waals surface area contributed by atoms with E-state index in [1.165, 1.54) is 12.5 Å². The molecule has 0 heterocycles. The monoisotopic (exact) mass is 393 g/mol. The van der Waals surface area contributed by atoms with Gasteiger partial charge in [-0.2, -0.15) is 0 Å². The zero-order chi connectivity index (χ0) is 15.6. The van der Waals surface area contributed by atoms with E-state index in [2.05, 4.69) is 21.2 Å². The molecule has 21 heavy (non-hydrogen) atoms. The molecule has 0 radical (unpaired) electrons. The van der Waals surface area contributed by atoms with E-state index in [0.29, 0.717) is 15.6 Å². The van der Waals surface area contributed by atoms with Crippen molar-refractivity contribution in [1.82, 2.24) is 5.32 Å². The third-order valence-corrected chi connectivity index (χ3v) is 6.03. The van der Waals surface area contributed by atoms with Crippen LogP contribution in [-0.4, -0.2) is 20.4 Å². The maximum Gasteiger partial charge on any atom is 0.261 e. The van der Waals surface area contributed by atoms with Gasteiger partial charge in [-0.05, 0) is 37.5 Å². The first-order chi connectivity index (χ1) is 9.79. The van der Waals surface area contributed by atoms with Crippen LogP contribution in [0, 0.1) is 6.92 Å². The fraction of sp³-hybridized carbons (Fsp3) is 0.500. The van der Waals surface area contributed by atoms with Crippen molar-refractivity contribution < 1.29 is 13.2 Å². The smallest absolute Gasteiger partial charge is 0.261 e. The Kier molecular flexibility index (Phi) is 5.33. The minimum Gasteiger partial charge on any atom is -0.349 e. The van der Waals surface area contributed by atoms with Gasteiger partial charge in [0.25, 0.3) is 15.0 Å². The second-order valence-corrected chi connectivity index (χ2v) is 8.72. The molecule has 1 amide bonds. The van der Waals surface area contributed by atoms with Crippen LogP contribution in [0.3, 0.4) is 0 Å². The molecule has 0 bridgehead atoms. The first kappa shape index (κ1) is 16.8. The Labute approximate surface area is 137 Å². The largest absolute Gasteiger partial charge is 0.349 e. The minimum absolute atomic E-state index is 0.0349. The van der Waals surface area contributed by atoms with Gasteiger partial charge in [0.2, 0.25) is 0 Å². The number of carbonyl (C=O) groups excluding carboxylic acids is 1. The van der Waals surface area contributed by atoms with Gasteiger partial charge >= 0.3 is 0 Å². The molecule has 1 saturated carbocycles. The summed E-state index contributed by atoms with van der Waals surface area (Å²) in [6, 6.07) is 3.13. The second kappa shape index (κ2) is 6.67. The Morgan fingerprint density at radius 1 is 1.29 bits per heavy atom. The zero-order valence-corrected chi connectivity index (χ0v) is 14.8. The lowest BCUT2D eigenvalue weighted by atomic mass is 9.95. The average Bonchev–Trinajstić information content (AvgIpc) is 2.41. The molecular weight excluding hydrogens is 378 g/mol. The van der Waals surface area contributed by atoms with Crippen molar-refractivity contribution in [2.45, 2.75) is 50.0 Å². The van der Waals surface area contributed by atoms with Crippen LogP contribution in [0.5, 0.6) is 0 Å². The molecule has 0 saturated heterocycles. The fourth-order valence-electron chi connectivity index (χ4n) is 2.55. The molecule has 0 spiro atoms. The first-order valence-electron chi connectivity index (χ1n) is 6.84. The number of nitrogens with one attached hydrogen (secondary N) is 1. The molecular formula is C14H17BrClNO3S. The number of hydrogen-bond donors (Lipinski definition) is 1. The van der Waals surface area contributed by atoms with E-state index < -0.39 is 9.05 Å². The van der Waals surface area contributed by atoms with Gasteiger partial charge < -0.3 is 5.32 Å². The predicted octanol–water partition coefficient (Wildman–Crippen LogP) is 3.75. The first-order valence-corrected chi connectivity index (χ1v) is 9.95. The van der Waals surface area contributed by atoms with Crippen LogP contribution in [0.25, 0.3) is 0 Å². The van der Waals surface area contributed by atoms with Gasteiger partial charge in [0.1, 0.15) is 0 Å². The zero-order valence-electron chi connectivity index (χ0n) is 11.7. The van der Waals surface area contributed by atoms with Crippen molar-refractivity contribution in [1.29, 1.82) is 0 Å². The van der Waals surface area contributed by atoms with Gasteiger partial charge in [0.05, 0.1) is 4.90 Å². The lowest BCUT2D eigenvalue weighted by Gasteiger charge is -2.23. The van der Waals surface area contributed by atoms with E-state index in [1.807, 2.05) is 0 Å². The van der Waals surface area contributed by atoms with Crippen LogP contribution in [0.2, 0.25) is 0 Å². The summed E-state index contributed by atoms with van der Waals surface area (Å²) in [5, 5.41) is 2.96. The summed E-state index contributed by atoms with van der Waals surface area (Å²) >= 11 is 3.28. The quantitative estimate of drug-likeness (QED) is 0.794. The summed E-state index contributed by atoms with van der Waals surface area (Å²) in [7, 11) is 1.54. The maximum absolute atomic E-state index is 12.3. The molecule has 116 valence electrons. The van der Waals surface area contributed by atoms with Gasteiger partial charge in [0, 0.05) is 26.8 Å². The SMILES string of the molecule is Cc1c(Br)cc(C(=O)NC2CCCCC2)cc1S(=O)(=O)Cl. The van der Waals surface area contributed by atoms with Crippen LogP contribution in [-0.2, 0) is 9.05 Å². The molecule has 1 aromatic carbocycles. The maximum atomic E-state index is 12.3. The topological polar surface area (TPSA) is 63.2 Å². The lowest BCUT2D eigenvalue weighted by molar-refractivity contribution is 0.0927. The summed E-state index contributed by atoms with van der Waals surface area (Å²) < 4.78 is 23.7. The number of rotatable bonds is 3. The van der Waals surface area contributed by atoms with E-state index >= 15 is 0 Å². The van der Waals surface area contributed by atoms with Crippen LogP contribution >= 0.6 is 26.6 Å².